The topological polar surface area (TPSA) is 121 Å². The number of nitrogens with one attached hydrogen (secondary N) is 3. The van der Waals surface area contributed by atoms with E-state index in [0.717, 1.165) is 37.1 Å². The van der Waals surface area contributed by atoms with Crippen LogP contribution >= 0.6 is 0 Å². The van der Waals surface area contributed by atoms with E-state index in [2.05, 4.69) is 26.1 Å². The van der Waals surface area contributed by atoms with Crippen molar-refractivity contribution in [2.24, 2.45) is 0 Å². The number of aromatic nitrogens is 3. The fourth-order valence-electron chi connectivity index (χ4n) is 4.57. The molecule has 10 heteroatoms. The van der Waals surface area contributed by atoms with Gasteiger partial charge in [-0.25, -0.2) is 0 Å². The molecule has 0 saturated carbocycles. The molecule has 4 heterocycles. The van der Waals surface area contributed by atoms with Crippen LogP contribution in [0.2, 0.25) is 0 Å². The van der Waals surface area contributed by atoms with Crippen molar-refractivity contribution in [1.29, 1.82) is 0 Å². The van der Waals surface area contributed by atoms with Crippen LogP contribution in [-0.4, -0.2) is 56.7 Å². The summed E-state index contributed by atoms with van der Waals surface area (Å²) in [6.45, 7) is 2.82. The average Bonchev–Trinajstić information content (AvgIpc) is 3.38. The highest BCUT2D eigenvalue weighted by atomic mass is 16.2. The highest BCUT2D eigenvalue weighted by molar-refractivity contribution is 6.05. The minimum absolute atomic E-state index is 0.164. The zero-order valence-electron chi connectivity index (χ0n) is 17.1. The van der Waals surface area contributed by atoms with Gasteiger partial charge in [0.1, 0.15) is 6.04 Å². The summed E-state index contributed by atoms with van der Waals surface area (Å²) in [4.78, 5) is 40.0. The minimum Gasteiger partial charge on any atom is -0.363 e. The molecule has 2 saturated heterocycles. The molecule has 31 heavy (non-hydrogen) atoms. The van der Waals surface area contributed by atoms with E-state index >= 15 is 0 Å². The van der Waals surface area contributed by atoms with Gasteiger partial charge in [-0.2, -0.15) is 9.90 Å². The Bertz CT molecular complexity index is 1030. The molecule has 1 aromatic carbocycles. The van der Waals surface area contributed by atoms with Crippen LogP contribution in [0.3, 0.4) is 0 Å². The van der Waals surface area contributed by atoms with Crippen LogP contribution in [0.15, 0.2) is 24.4 Å². The Morgan fingerprint density at radius 1 is 1.13 bits per heavy atom. The number of benzene rings is 1. The number of carbonyl (C=O) groups excluding carboxylic acids is 3. The fraction of sp³-hybridized carbons (Fsp3) is 0.476. The molecule has 1 atom stereocenters. The third-order valence-corrected chi connectivity index (χ3v) is 6.28. The molecule has 3 amide bonds. The lowest BCUT2D eigenvalue weighted by Crippen LogP contribution is -2.52. The van der Waals surface area contributed by atoms with Gasteiger partial charge >= 0.3 is 0 Å². The number of fused-ring (bicyclic) bond motifs is 1. The molecule has 10 nitrogen and oxygen atoms in total. The number of rotatable bonds is 5. The number of hydrogen-bond acceptors (Lipinski definition) is 7. The summed E-state index contributed by atoms with van der Waals surface area (Å²) in [6.07, 6.45) is 4.36. The second kappa shape index (κ2) is 8.10. The predicted octanol–water partition coefficient (Wildman–Crippen LogP) is 0.576. The average molecular weight is 423 g/mol. The van der Waals surface area contributed by atoms with E-state index in [1.54, 1.807) is 22.0 Å². The number of piperidine rings is 2. The molecular formula is C21H25N7O3. The second-order valence-corrected chi connectivity index (χ2v) is 8.23. The summed E-state index contributed by atoms with van der Waals surface area (Å²) in [6, 6.07) is 5.33. The molecule has 162 valence electrons. The first-order valence-corrected chi connectivity index (χ1v) is 10.7. The molecule has 1 aromatic heterocycles. The standard InChI is InChI=1S/C21H25N7O3/c29-19-5-4-17(20(30)25-19)27-12-16-13(2-1-3-15(16)21(27)31)10-23-18-11-24-28(26-18)14-6-8-22-9-7-14/h1-3,11,14,17,22H,4-10,12H2,(H,23,26)(H,25,29,30). The van der Waals surface area contributed by atoms with Crippen molar-refractivity contribution in [1.82, 2.24) is 30.5 Å². The molecule has 5 rings (SSSR count). The van der Waals surface area contributed by atoms with Crippen molar-refractivity contribution in [2.75, 3.05) is 18.4 Å². The van der Waals surface area contributed by atoms with Crippen LogP contribution < -0.4 is 16.0 Å². The van der Waals surface area contributed by atoms with Gasteiger partial charge in [-0.15, -0.1) is 5.10 Å². The molecule has 3 N–H and O–H groups in total. The number of hydrogen-bond donors (Lipinski definition) is 3. The van der Waals surface area contributed by atoms with Crippen LogP contribution in [0.4, 0.5) is 5.82 Å². The highest BCUT2D eigenvalue weighted by Gasteiger charge is 2.39. The minimum atomic E-state index is -0.608. The number of carbonyl (C=O) groups is 3. The molecule has 1 unspecified atom stereocenters. The molecule has 2 aromatic rings. The first kappa shape index (κ1) is 19.7. The number of amides is 3. The number of imide groups is 1. The van der Waals surface area contributed by atoms with Crippen molar-refractivity contribution in [3.05, 3.63) is 41.1 Å². The van der Waals surface area contributed by atoms with Gasteiger partial charge in [-0.3, -0.25) is 19.7 Å². The Kier molecular flexibility index (Phi) is 5.14. The Morgan fingerprint density at radius 2 is 1.97 bits per heavy atom. The zero-order valence-corrected chi connectivity index (χ0v) is 17.1. The van der Waals surface area contributed by atoms with E-state index in [1.807, 2.05) is 12.1 Å². The van der Waals surface area contributed by atoms with Crippen molar-refractivity contribution >= 4 is 23.5 Å². The van der Waals surface area contributed by atoms with Crippen LogP contribution in [0.1, 0.15) is 53.2 Å². The maximum atomic E-state index is 12.9. The van der Waals surface area contributed by atoms with Crippen LogP contribution in [-0.2, 0) is 22.7 Å². The normalized spacial score (nSPS) is 21.9. The third kappa shape index (κ3) is 3.78. The van der Waals surface area contributed by atoms with Crippen molar-refractivity contribution in [3.63, 3.8) is 0 Å². The van der Waals surface area contributed by atoms with Gasteiger partial charge in [-0.05, 0) is 49.5 Å². The molecule has 0 bridgehead atoms. The largest absolute Gasteiger partial charge is 0.363 e. The van der Waals surface area contributed by atoms with E-state index < -0.39 is 11.9 Å². The highest BCUT2D eigenvalue weighted by Crippen LogP contribution is 2.30. The lowest BCUT2D eigenvalue weighted by molar-refractivity contribution is -0.136. The van der Waals surface area contributed by atoms with Crippen molar-refractivity contribution < 1.29 is 14.4 Å². The van der Waals surface area contributed by atoms with Gasteiger partial charge in [0, 0.05) is 25.1 Å². The van der Waals surface area contributed by atoms with E-state index in [4.69, 9.17) is 0 Å². The van der Waals surface area contributed by atoms with Gasteiger partial charge in [0.15, 0.2) is 5.82 Å². The summed E-state index contributed by atoms with van der Waals surface area (Å²) >= 11 is 0. The van der Waals surface area contributed by atoms with E-state index in [-0.39, 0.29) is 18.2 Å². The van der Waals surface area contributed by atoms with Gasteiger partial charge in [0.2, 0.25) is 11.8 Å². The van der Waals surface area contributed by atoms with E-state index in [9.17, 15) is 14.4 Å². The molecule has 3 aliphatic rings. The van der Waals surface area contributed by atoms with Crippen LogP contribution in [0.5, 0.6) is 0 Å². The first-order chi connectivity index (χ1) is 15.1. The molecule has 3 aliphatic heterocycles. The quantitative estimate of drug-likeness (QED) is 0.602. The van der Waals surface area contributed by atoms with E-state index in [0.29, 0.717) is 36.9 Å². The number of anilines is 1. The van der Waals surface area contributed by atoms with Crippen molar-refractivity contribution in [3.8, 4) is 0 Å². The Hall–Kier alpha value is -3.27. The summed E-state index contributed by atoms with van der Waals surface area (Å²) < 4.78 is 0. The first-order valence-electron chi connectivity index (χ1n) is 10.7. The maximum Gasteiger partial charge on any atom is 0.255 e. The fourth-order valence-corrected chi connectivity index (χ4v) is 4.57. The predicted molar refractivity (Wildman–Crippen MR) is 111 cm³/mol. The van der Waals surface area contributed by atoms with Crippen LogP contribution in [0.25, 0.3) is 0 Å². The lowest BCUT2D eigenvalue weighted by atomic mass is 10.0. The smallest absolute Gasteiger partial charge is 0.255 e. The number of nitrogens with zero attached hydrogens (tertiary/aromatic N) is 4. The van der Waals surface area contributed by atoms with Crippen molar-refractivity contribution in [2.45, 2.75) is 50.9 Å². The molecule has 2 fully saturated rings. The maximum absolute atomic E-state index is 12.9. The molecular weight excluding hydrogens is 398 g/mol. The summed E-state index contributed by atoms with van der Waals surface area (Å²) in [7, 11) is 0. The Labute approximate surface area is 179 Å². The lowest BCUT2D eigenvalue weighted by Gasteiger charge is -2.29. The zero-order chi connectivity index (χ0) is 21.4. The van der Waals surface area contributed by atoms with Crippen LogP contribution in [0, 0.1) is 0 Å². The molecule has 0 spiro atoms. The van der Waals surface area contributed by atoms with Gasteiger partial charge in [0.25, 0.3) is 5.91 Å². The Morgan fingerprint density at radius 3 is 2.77 bits per heavy atom. The SMILES string of the molecule is O=C1CCC(N2Cc3c(CNc4cnn(C5CCNCC5)n4)cccc3C2=O)C(=O)N1. The van der Waals surface area contributed by atoms with Gasteiger partial charge < -0.3 is 15.5 Å². The van der Waals surface area contributed by atoms with Gasteiger partial charge in [0.05, 0.1) is 12.2 Å². The summed E-state index contributed by atoms with van der Waals surface area (Å²) in [5.74, 6) is -0.148. The second-order valence-electron chi connectivity index (χ2n) is 8.23. The molecule has 0 radical (unpaired) electrons. The summed E-state index contributed by atoms with van der Waals surface area (Å²) in [5, 5.41) is 18.0. The molecule has 0 aliphatic carbocycles. The van der Waals surface area contributed by atoms with E-state index in [1.165, 1.54) is 0 Å². The summed E-state index contributed by atoms with van der Waals surface area (Å²) in [5.41, 5.74) is 2.51. The third-order valence-electron chi connectivity index (χ3n) is 6.28. The monoisotopic (exact) mass is 423 g/mol. The van der Waals surface area contributed by atoms with Gasteiger partial charge in [-0.1, -0.05) is 12.1 Å². The Balaban J connectivity index is 1.28.